The van der Waals surface area contributed by atoms with Crippen LogP contribution in [-0.2, 0) is 5.41 Å². The number of piperidine rings is 1. The molecule has 0 aromatic heterocycles. The molecule has 0 spiro atoms. The summed E-state index contributed by atoms with van der Waals surface area (Å²) in [4.78, 5) is 2.35. The third kappa shape index (κ3) is 2.85. The minimum Gasteiger partial charge on any atom is -0.497 e. The van der Waals surface area contributed by atoms with Gasteiger partial charge in [-0.05, 0) is 50.7 Å². The van der Waals surface area contributed by atoms with Crippen LogP contribution in [0, 0.1) is 0 Å². The molecule has 2 rings (SSSR count). The molecule has 1 fully saturated rings. The predicted octanol–water partition coefficient (Wildman–Crippen LogP) is 1.63. The van der Waals surface area contributed by atoms with E-state index in [0.29, 0.717) is 6.54 Å². The van der Waals surface area contributed by atoms with Crippen LogP contribution >= 0.6 is 0 Å². The van der Waals surface area contributed by atoms with Crippen LogP contribution in [0.15, 0.2) is 18.2 Å². The lowest BCUT2D eigenvalue weighted by Crippen LogP contribution is -2.45. The zero-order chi connectivity index (χ0) is 13.9. The number of hydrogen-bond acceptors (Lipinski definition) is 4. The van der Waals surface area contributed by atoms with E-state index < -0.39 is 0 Å². The summed E-state index contributed by atoms with van der Waals surface area (Å²) in [5.74, 6) is 1.67. The van der Waals surface area contributed by atoms with Gasteiger partial charge in [-0.15, -0.1) is 0 Å². The van der Waals surface area contributed by atoms with Crippen LogP contribution in [-0.4, -0.2) is 45.8 Å². The first-order valence-electron chi connectivity index (χ1n) is 6.76. The molecule has 1 aromatic carbocycles. The Morgan fingerprint density at radius 3 is 2.05 bits per heavy atom. The lowest BCUT2D eigenvalue weighted by Gasteiger charge is -2.40. The van der Waals surface area contributed by atoms with Crippen LogP contribution in [0.3, 0.4) is 0 Å². The summed E-state index contributed by atoms with van der Waals surface area (Å²) < 4.78 is 10.7. The molecule has 4 nitrogen and oxygen atoms in total. The summed E-state index contributed by atoms with van der Waals surface area (Å²) in [6.07, 6.45) is 2.16. The lowest BCUT2D eigenvalue weighted by atomic mass is 9.73. The smallest absolute Gasteiger partial charge is 0.122 e. The van der Waals surface area contributed by atoms with Crippen molar-refractivity contribution in [1.82, 2.24) is 4.90 Å². The lowest BCUT2D eigenvalue weighted by molar-refractivity contribution is 0.191. The average molecular weight is 264 g/mol. The molecule has 1 saturated heterocycles. The highest BCUT2D eigenvalue weighted by Crippen LogP contribution is 2.38. The SMILES string of the molecule is COc1cc(OC)cc(C2(CN)CCN(C)CC2)c1. The third-order valence-corrected chi connectivity index (χ3v) is 4.30. The Kier molecular flexibility index (Phi) is 4.32. The van der Waals surface area contributed by atoms with Crippen molar-refractivity contribution in [3.63, 3.8) is 0 Å². The molecular weight excluding hydrogens is 240 g/mol. The molecule has 0 radical (unpaired) electrons. The van der Waals surface area contributed by atoms with Gasteiger partial charge in [-0.1, -0.05) is 0 Å². The average Bonchev–Trinajstić information content (AvgIpc) is 2.47. The number of ether oxygens (including phenoxy) is 2. The quantitative estimate of drug-likeness (QED) is 0.898. The molecule has 0 amide bonds. The summed E-state index contributed by atoms with van der Waals surface area (Å²) in [5.41, 5.74) is 7.38. The molecule has 19 heavy (non-hydrogen) atoms. The second-order valence-electron chi connectivity index (χ2n) is 5.39. The van der Waals surface area contributed by atoms with E-state index >= 15 is 0 Å². The van der Waals surface area contributed by atoms with Gasteiger partial charge in [-0.25, -0.2) is 0 Å². The standard InChI is InChI=1S/C15H24N2O2/c1-17-6-4-15(11-16,5-7-17)12-8-13(18-2)10-14(9-12)19-3/h8-10H,4-7,11,16H2,1-3H3. The molecule has 0 saturated carbocycles. The van der Waals surface area contributed by atoms with Gasteiger partial charge in [0.15, 0.2) is 0 Å². The Labute approximate surface area is 115 Å². The minimum absolute atomic E-state index is 0.0499. The zero-order valence-corrected chi connectivity index (χ0v) is 12.1. The maximum atomic E-state index is 6.10. The maximum Gasteiger partial charge on any atom is 0.122 e. The monoisotopic (exact) mass is 264 g/mol. The molecule has 1 aromatic rings. The first-order valence-corrected chi connectivity index (χ1v) is 6.76. The van der Waals surface area contributed by atoms with Crippen LogP contribution in [0.2, 0.25) is 0 Å². The third-order valence-electron chi connectivity index (χ3n) is 4.30. The number of hydrogen-bond donors (Lipinski definition) is 1. The van der Waals surface area contributed by atoms with Gasteiger partial charge in [0.25, 0.3) is 0 Å². The number of nitrogens with two attached hydrogens (primary N) is 1. The highest BCUT2D eigenvalue weighted by molar-refractivity contribution is 5.42. The summed E-state index contributed by atoms with van der Waals surface area (Å²) in [5, 5.41) is 0. The Balaban J connectivity index is 2.37. The molecule has 0 bridgehead atoms. The van der Waals surface area contributed by atoms with Crippen molar-refractivity contribution < 1.29 is 9.47 Å². The van der Waals surface area contributed by atoms with Crippen molar-refractivity contribution in [3.05, 3.63) is 23.8 Å². The molecular formula is C15H24N2O2. The van der Waals surface area contributed by atoms with Gasteiger partial charge in [0, 0.05) is 18.0 Å². The fourth-order valence-corrected chi connectivity index (χ4v) is 2.77. The van der Waals surface area contributed by atoms with Crippen LogP contribution in [0.4, 0.5) is 0 Å². The van der Waals surface area contributed by atoms with Crippen molar-refractivity contribution in [2.45, 2.75) is 18.3 Å². The summed E-state index contributed by atoms with van der Waals surface area (Å²) in [7, 11) is 5.53. The topological polar surface area (TPSA) is 47.7 Å². The van der Waals surface area contributed by atoms with Gasteiger partial charge in [0.2, 0.25) is 0 Å². The number of benzene rings is 1. The van der Waals surface area contributed by atoms with Gasteiger partial charge < -0.3 is 20.1 Å². The van der Waals surface area contributed by atoms with E-state index in [0.717, 1.165) is 37.4 Å². The Morgan fingerprint density at radius 1 is 1.11 bits per heavy atom. The van der Waals surface area contributed by atoms with E-state index in [1.54, 1.807) is 14.2 Å². The number of rotatable bonds is 4. The van der Waals surface area contributed by atoms with E-state index in [9.17, 15) is 0 Å². The van der Waals surface area contributed by atoms with Gasteiger partial charge in [-0.3, -0.25) is 0 Å². The predicted molar refractivity (Wildman–Crippen MR) is 77.0 cm³/mol. The van der Waals surface area contributed by atoms with Crippen molar-refractivity contribution >= 4 is 0 Å². The molecule has 1 aliphatic heterocycles. The molecule has 0 atom stereocenters. The van der Waals surface area contributed by atoms with Gasteiger partial charge >= 0.3 is 0 Å². The normalized spacial score (nSPS) is 19.2. The van der Waals surface area contributed by atoms with E-state index in [1.165, 1.54) is 5.56 Å². The summed E-state index contributed by atoms with van der Waals surface area (Å²) >= 11 is 0. The van der Waals surface area contributed by atoms with Gasteiger partial charge in [-0.2, -0.15) is 0 Å². The first kappa shape index (κ1) is 14.2. The highest BCUT2D eigenvalue weighted by Gasteiger charge is 2.34. The second-order valence-corrected chi connectivity index (χ2v) is 5.39. The molecule has 106 valence electrons. The molecule has 4 heteroatoms. The zero-order valence-electron chi connectivity index (χ0n) is 12.1. The largest absolute Gasteiger partial charge is 0.497 e. The molecule has 0 unspecified atom stereocenters. The van der Waals surface area contributed by atoms with Crippen molar-refractivity contribution in [2.24, 2.45) is 5.73 Å². The van der Waals surface area contributed by atoms with E-state index in [4.69, 9.17) is 15.2 Å². The Hall–Kier alpha value is -1.26. The van der Waals surface area contributed by atoms with Crippen LogP contribution in [0.5, 0.6) is 11.5 Å². The molecule has 1 aliphatic rings. The van der Waals surface area contributed by atoms with Crippen LogP contribution < -0.4 is 15.2 Å². The highest BCUT2D eigenvalue weighted by atomic mass is 16.5. The second kappa shape index (κ2) is 5.80. The molecule has 1 heterocycles. The Bertz CT molecular complexity index is 404. The maximum absolute atomic E-state index is 6.10. The fourth-order valence-electron chi connectivity index (χ4n) is 2.77. The first-order chi connectivity index (χ1) is 9.13. The van der Waals surface area contributed by atoms with Gasteiger partial charge in [0.1, 0.15) is 11.5 Å². The minimum atomic E-state index is 0.0499. The van der Waals surface area contributed by atoms with Crippen molar-refractivity contribution in [1.29, 1.82) is 0 Å². The van der Waals surface area contributed by atoms with Crippen LogP contribution in [0.1, 0.15) is 18.4 Å². The Morgan fingerprint density at radius 2 is 1.63 bits per heavy atom. The summed E-state index contributed by atoms with van der Waals surface area (Å²) in [6, 6.07) is 6.10. The van der Waals surface area contributed by atoms with Crippen LogP contribution in [0.25, 0.3) is 0 Å². The number of likely N-dealkylation sites (tertiary alicyclic amines) is 1. The van der Waals surface area contributed by atoms with Crippen molar-refractivity contribution in [2.75, 3.05) is 40.9 Å². The van der Waals surface area contributed by atoms with E-state index in [1.807, 2.05) is 6.07 Å². The molecule has 0 aliphatic carbocycles. The van der Waals surface area contributed by atoms with E-state index in [2.05, 4.69) is 24.1 Å². The summed E-state index contributed by atoms with van der Waals surface area (Å²) in [6.45, 7) is 2.82. The van der Waals surface area contributed by atoms with Gasteiger partial charge in [0.05, 0.1) is 14.2 Å². The molecule has 2 N–H and O–H groups in total. The number of nitrogens with zero attached hydrogens (tertiary/aromatic N) is 1. The van der Waals surface area contributed by atoms with Crippen molar-refractivity contribution in [3.8, 4) is 11.5 Å². The van der Waals surface area contributed by atoms with E-state index in [-0.39, 0.29) is 5.41 Å². The number of methoxy groups -OCH3 is 2. The fraction of sp³-hybridized carbons (Fsp3) is 0.600.